The molecule has 2 heteroatoms. The Morgan fingerprint density at radius 1 is 1.40 bits per heavy atom. The smallest absolute Gasteiger partial charge is 0.0147 e. The Morgan fingerprint density at radius 3 is 2.50 bits per heavy atom. The Bertz CT molecular complexity index is 89.3. The summed E-state index contributed by atoms with van der Waals surface area (Å²) in [4.78, 5) is 0. The van der Waals surface area contributed by atoms with Crippen molar-refractivity contribution >= 4 is 22.6 Å². The zero-order chi connectivity index (χ0) is 7.40. The summed E-state index contributed by atoms with van der Waals surface area (Å²) in [5, 5.41) is 0. The van der Waals surface area contributed by atoms with Crippen LogP contribution in [0.2, 0.25) is 0 Å². The first-order valence-electron chi connectivity index (χ1n) is 4.14. The molecule has 1 unspecified atom stereocenters. The van der Waals surface area contributed by atoms with Crippen LogP contribution < -0.4 is 5.73 Å². The van der Waals surface area contributed by atoms with E-state index in [1.165, 1.54) is 32.1 Å². The molecule has 0 aliphatic heterocycles. The molecule has 0 saturated heterocycles. The lowest BCUT2D eigenvalue weighted by Gasteiger charge is -2.12. The Morgan fingerprint density at radius 2 is 2.00 bits per heavy atom. The summed E-state index contributed by atoms with van der Waals surface area (Å²) < 4.78 is 1.12. The van der Waals surface area contributed by atoms with Crippen molar-refractivity contribution in [1.29, 1.82) is 0 Å². The lowest BCUT2D eigenvalue weighted by atomic mass is 10.0. The van der Waals surface area contributed by atoms with Crippen molar-refractivity contribution in [2.45, 2.75) is 38.1 Å². The van der Waals surface area contributed by atoms with Crippen molar-refractivity contribution in [1.82, 2.24) is 0 Å². The summed E-state index contributed by atoms with van der Waals surface area (Å²) in [6.07, 6.45) is 7.02. The van der Waals surface area contributed by atoms with E-state index in [1.807, 2.05) is 0 Å². The van der Waals surface area contributed by atoms with Gasteiger partial charge in [-0.25, -0.2) is 0 Å². The van der Waals surface area contributed by atoms with Crippen LogP contribution in [-0.2, 0) is 0 Å². The molecule has 0 aromatic heterocycles. The van der Waals surface area contributed by atoms with Crippen molar-refractivity contribution in [3.8, 4) is 0 Å². The van der Waals surface area contributed by atoms with E-state index in [0.717, 1.165) is 10.3 Å². The molecule has 0 radical (unpaired) electrons. The van der Waals surface area contributed by atoms with E-state index in [0.29, 0.717) is 6.04 Å². The summed E-state index contributed by atoms with van der Waals surface area (Å²) in [7, 11) is 0. The third-order valence-corrected chi connectivity index (χ3v) is 3.44. The van der Waals surface area contributed by atoms with Crippen molar-refractivity contribution < 1.29 is 0 Å². The van der Waals surface area contributed by atoms with E-state index in [4.69, 9.17) is 5.73 Å². The van der Waals surface area contributed by atoms with Crippen LogP contribution in [0, 0.1) is 5.92 Å². The number of hydrogen-bond donors (Lipinski definition) is 1. The highest BCUT2D eigenvalue weighted by Crippen LogP contribution is 2.28. The molecule has 10 heavy (non-hydrogen) atoms. The molecule has 60 valence electrons. The zero-order valence-electron chi connectivity index (χ0n) is 6.35. The predicted molar refractivity (Wildman–Crippen MR) is 53.4 cm³/mol. The van der Waals surface area contributed by atoms with Gasteiger partial charge in [-0.2, -0.15) is 0 Å². The van der Waals surface area contributed by atoms with Crippen LogP contribution in [0.15, 0.2) is 0 Å². The maximum atomic E-state index is 5.85. The second-order valence-electron chi connectivity index (χ2n) is 3.30. The maximum Gasteiger partial charge on any atom is 0.0147 e. The van der Waals surface area contributed by atoms with Crippen LogP contribution in [0.25, 0.3) is 0 Å². The van der Waals surface area contributed by atoms with Gasteiger partial charge >= 0.3 is 0 Å². The van der Waals surface area contributed by atoms with Crippen molar-refractivity contribution in [2.75, 3.05) is 4.43 Å². The summed E-state index contributed by atoms with van der Waals surface area (Å²) in [6, 6.07) is 0.462. The Balaban J connectivity index is 2.11. The van der Waals surface area contributed by atoms with Crippen molar-refractivity contribution in [3.63, 3.8) is 0 Å². The molecule has 0 bridgehead atoms. The molecule has 1 rings (SSSR count). The standard InChI is InChI=1S/C8H16IN/c9-6-8(10)5-7-3-1-2-4-7/h7-8H,1-6,10H2. The lowest BCUT2D eigenvalue weighted by molar-refractivity contribution is 0.464. The van der Waals surface area contributed by atoms with Gasteiger partial charge < -0.3 is 5.73 Å². The number of rotatable bonds is 3. The average molecular weight is 253 g/mol. The van der Waals surface area contributed by atoms with E-state index >= 15 is 0 Å². The van der Waals surface area contributed by atoms with E-state index in [2.05, 4.69) is 22.6 Å². The van der Waals surface area contributed by atoms with Gasteiger partial charge in [0.25, 0.3) is 0 Å². The first-order chi connectivity index (χ1) is 4.83. The van der Waals surface area contributed by atoms with E-state index < -0.39 is 0 Å². The second-order valence-corrected chi connectivity index (χ2v) is 4.18. The highest BCUT2D eigenvalue weighted by molar-refractivity contribution is 14.1. The fraction of sp³-hybridized carbons (Fsp3) is 1.00. The number of nitrogens with two attached hydrogens (primary N) is 1. The van der Waals surface area contributed by atoms with Gasteiger partial charge in [0, 0.05) is 10.5 Å². The van der Waals surface area contributed by atoms with Crippen LogP contribution in [0.5, 0.6) is 0 Å². The average Bonchev–Trinajstić information content (AvgIpc) is 2.40. The maximum absolute atomic E-state index is 5.85. The number of hydrogen-bond acceptors (Lipinski definition) is 1. The van der Waals surface area contributed by atoms with Gasteiger partial charge in [0.1, 0.15) is 0 Å². The van der Waals surface area contributed by atoms with Gasteiger partial charge in [-0.05, 0) is 12.3 Å². The van der Waals surface area contributed by atoms with Gasteiger partial charge in [0.05, 0.1) is 0 Å². The first-order valence-corrected chi connectivity index (χ1v) is 5.67. The molecule has 0 heterocycles. The van der Waals surface area contributed by atoms with Crippen LogP contribution >= 0.6 is 22.6 Å². The Kier molecular flexibility index (Phi) is 3.99. The largest absolute Gasteiger partial charge is 0.327 e. The quantitative estimate of drug-likeness (QED) is 0.606. The van der Waals surface area contributed by atoms with Crippen LogP contribution in [-0.4, -0.2) is 10.5 Å². The summed E-state index contributed by atoms with van der Waals surface area (Å²) >= 11 is 2.37. The number of alkyl halides is 1. The monoisotopic (exact) mass is 253 g/mol. The van der Waals surface area contributed by atoms with Gasteiger partial charge in [0.2, 0.25) is 0 Å². The molecule has 0 aromatic carbocycles. The molecular weight excluding hydrogens is 237 g/mol. The minimum Gasteiger partial charge on any atom is -0.327 e. The van der Waals surface area contributed by atoms with E-state index in [9.17, 15) is 0 Å². The highest BCUT2D eigenvalue weighted by atomic mass is 127. The molecule has 1 saturated carbocycles. The minimum absolute atomic E-state index is 0.462. The SMILES string of the molecule is NC(CI)CC1CCCC1. The van der Waals surface area contributed by atoms with Gasteiger partial charge in [-0.3, -0.25) is 0 Å². The van der Waals surface area contributed by atoms with Crippen molar-refractivity contribution in [3.05, 3.63) is 0 Å². The van der Waals surface area contributed by atoms with Crippen LogP contribution in [0.4, 0.5) is 0 Å². The first kappa shape index (κ1) is 8.78. The molecule has 1 aliphatic carbocycles. The predicted octanol–water partition coefficient (Wildman–Crippen LogP) is 2.33. The molecule has 0 amide bonds. The third kappa shape index (κ3) is 2.74. The summed E-state index contributed by atoms with van der Waals surface area (Å²) in [6.45, 7) is 0. The summed E-state index contributed by atoms with van der Waals surface area (Å²) in [5.41, 5.74) is 5.85. The van der Waals surface area contributed by atoms with Gasteiger partial charge in [-0.1, -0.05) is 48.3 Å². The molecule has 2 N–H and O–H groups in total. The fourth-order valence-corrected chi connectivity index (χ4v) is 2.10. The molecular formula is C8H16IN. The highest BCUT2D eigenvalue weighted by Gasteiger charge is 2.16. The minimum atomic E-state index is 0.462. The van der Waals surface area contributed by atoms with E-state index in [1.54, 1.807) is 0 Å². The molecule has 1 atom stereocenters. The van der Waals surface area contributed by atoms with Gasteiger partial charge in [0.15, 0.2) is 0 Å². The second kappa shape index (κ2) is 4.54. The van der Waals surface area contributed by atoms with Crippen LogP contribution in [0.3, 0.4) is 0 Å². The summed E-state index contributed by atoms with van der Waals surface area (Å²) in [5.74, 6) is 0.963. The Labute approximate surface area is 76.9 Å². The molecule has 0 aromatic rings. The Hall–Kier alpha value is 0.690. The lowest BCUT2D eigenvalue weighted by Crippen LogP contribution is -2.24. The fourth-order valence-electron chi connectivity index (χ4n) is 1.74. The third-order valence-electron chi connectivity index (χ3n) is 2.31. The van der Waals surface area contributed by atoms with Gasteiger partial charge in [-0.15, -0.1) is 0 Å². The normalized spacial score (nSPS) is 23.4. The molecule has 1 nitrogen and oxygen atoms in total. The molecule has 0 spiro atoms. The molecule has 1 fully saturated rings. The topological polar surface area (TPSA) is 26.0 Å². The zero-order valence-corrected chi connectivity index (χ0v) is 8.51. The molecule has 1 aliphatic rings. The van der Waals surface area contributed by atoms with Crippen molar-refractivity contribution in [2.24, 2.45) is 11.7 Å². The number of halogens is 1. The van der Waals surface area contributed by atoms with Crippen LogP contribution in [0.1, 0.15) is 32.1 Å². The van der Waals surface area contributed by atoms with E-state index in [-0.39, 0.29) is 0 Å².